The highest BCUT2D eigenvalue weighted by molar-refractivity contribution is 9.10. The molecular formula is C21H19BrClF3N2O2. The number of hydrogen-bond donors (Lipinski definition) is 2. The van der Waals surface area contributed by atoms with E-state index in [4.69, 9.17) is 11.6 Å². The molecule has 160 valence electrons. The molecule has 0 radical (unpaired) electrons. The molecule has 1 saturated carbocycles. The van der Waals surface area contributed by atoms with Crippen LogP contribution in [0.25, 0.3) is 0 Å². The molecule has 0 unspecified atom stereocenters. The molecule has 2 aromatic rings. The lowest BCUT2D eigenvalue weighted by Crippen LogP contribution is -2.49. The van der Waals surface area contributed by atoms with Gasteiger partial charge < -0.3 is 10.6 Å². The summed E-state index contributed by atoms with van der Waals surface area (Å²) in [5.41, 5.74) is 0.767. The third-order valence-electron chi connectivity index (χ3n) is 5.19. The third-order valence-corrected chi connectivity index (χ3v) is 6.08. The van der Waals surface area contributed by atoms with Crippen LogP contribution in [0.5, 0.6) is 0 Å². The molecule has 0 bridgehead atoms. The molecule has 1 aliphatic carbocycles. The van der Waals surface area contributed by atoms with Crippen LogP contribution < -0.4 is 10.6 Å². The number of halogens is 5. The Morgan fingerprint density at radius 1 is 1.13 bits per heavy atom. The fourth-order valence-electron chi connectivity index (χ4n) is 3.40. The predicted octanol–water partition coefficient (Wildman–Crippen LogP) is 5.85. The van der Waals surface area contributed by atoms with Gasteiger partial charge in [0.2, 0.25) is 5.91 Å². The fourth-order valence-corrected chi connectivity index (χ4v) is 4.07. The molecule has 1 aliphatic rings. The smallest absolute Gasteiger partial charge is 0.355 e. The summed E-state index contributed by atoms with van der Waals surface area (Å²) in [5, 5.41) is 5.64. The molecule has 0 atom stereocenters. The lowest BCUT2D eigenvalue weighted by molar-refractivity contribution is -0.138. The molecular weight excluding hydrogens is 485 g/mol. The number of nitrogens with one attached hydrogen (secondary N) is 2. The van der Waals surface area contributed by atoms with E-state index in [2.05, 4.69) is 26.6 Å². The Kier molecular flexibility index (Phi) is 6.77. The van der Waals surface area contributed by atoms with Gasteiger partial charge in [0.25, 0.3) is 5.91 Å². The van der Waals surface area contributed by atoms with Gasteiger partial charge in [0.1, 0.15) is 0 Å². The first kappa shape index (κ1) is 22.6. The highest BCUT2D eigenvalue weighted by atomic mass is 79.9. The Labute approximate surface area is 185 Å². The van der Waals surface area contributed by atoms with E-state index >= 15 is 0 Å². The van der Waals surface area contributed by atoms with E-state index < -0.39 is 30.5 Å². The number of carbonyl (C=O) groups is 2. The Bertz CT molecular complexity index is 962. The quantitative estimate of drug-likeness (QED) is 0.520. The predicted molar refractivity (Wildman–Crippen MR) is 113 cm³/mol. The van der Waals surface area contributed by atoms with E-state index in [1.807, 2.05) is 0 Å². The fraction of sp³-hybridized carbons (Fsp3) is 0.333. The van der Waals surface area contributed by atoms with Crippen molar-refractivity contribution in [2.75, 3.05) is 11.9 Å². The summed E-state index contributed by atoms with van der Waals surface area (Å²) in [4.78, 5) is 25.1. The van der Waals surface area contributed by atoms with Crippen LogP contribution in [0.4, 0.5) is 18.9 Å². The number of hydrogen-bond acceptors (Lipinski definition) is 2. The minimum Gasteiger partial charge on any atom is -0.355 e. The Hall–Kier alpha value is -2.06. The molecule has 30 heavy (non-hydrogen) atoms. The van der Waals surface area contributed by atoms with Gasteiger partial charge in [-0.2, -0.15) is 13.2 Å². The summed E-state index contributed by atoms with van der Waals surface area (Å²) in [7, 11) is 0. The van der Waals surface area contributed by atoms with Gasteiger partial charge in [0.05, 0.1) is 17.5 Å². The van der Waals surface area contributed by atoms with Gasteiger partial charge in [0.15, 0.2) is 0 Å². The first-order valence-electron chi connectivity index (χ1n) is 9.33. The second kappa shape index (κ2) is 8.98. The topological polar surface area (TPSA) is 58.2 Å². The van der Waals surface area contributed by atoms with Crippen LogP contribution in [0.1, 0.15) is 41.6 Å². The van der Waals surface area contributed by atoms with E-state index in [0.29, 0.717) is 39.2 Å². The van der Waals surface area contributed by atoms with Crippen molar-refractivity contribution in [3.63, 3.8) is 0 Å². The Morgan fingerprint density at radius 3 is 2.43 bits per heavy atom. The molecule has 0 heterocycles. The maximum Gasteiger partial charge on any atom is 0.390 e. The van der Waals surface area contributed by atoms with E-state index in [-0.39, 0.29) is 5.91 Å². The normalized spacial score (nSPS) is 15.2. The number of carbonyl (C=O) groups excluding carboxylic acids is 2. The van der Waals surface area contributed by atoms with Crippen molar-refractivity contribution < 1.29 is 22.8 Å². The van der Waals surface area contributed by atoms with E-state index in [1.54, 1.807) is 42.5 Å². The highest BCUT2D eigenvalue weighted by Crippen LogP contribution is 2.45. The summed E-state index contributed by atoms with van der Waals surface area (Å²) >= 11 is 9.33. The molecule has 2 aromatic carbocycles. The van der Waals surface area contributed by atoms with Crippen LogP contribution in [0.15, 0.2) is 46.9 Å². The van der Waals surface area contributed by atoms with Crippen LogP contribution in [0.3, 0.4) is 0 Å². The summed E-state index contributed by atoms with van der Waals surface area (Å²) in [6, 6.07) is 11.7. The molecule has 9 heteroatoms. The molecule has 0 aromatic heterocycles. The molecule has 0 saturated heterocycles. The van der Waals surface area contributed by atoms with Crippen molar-refractivity contribution in [1.29, 1.82) is 0 Å². The molecule has 0 aliphatic heterocycles. The average molecular weight is 504 g/mol. The lowest BCUT2D eigenvalue weighted by Gasteiger charge is -2.41. The van der Waals surface area contributed by atoms with Crippen molar-refractivity contribution in [2.45, 2.75) is 37.3 Å². The summed E-state index contributed by atoms with van der Waals surface area (Å²) in [6.45, 7) is -0.445. The van der Waals surface area contributed by atoms with E-state index in [9.17, 15) is 22.8 Å². The van der Waals surface area contributed by atoms with Crippen molar-refractivity contribution >= 4 is 45.0 Å². The van der Waals surface area contributed by atoms with Crippen molar-refractivity contribution in [3.8, 4) is 0 Å². The third kappa shape index (κ3) is 5.16. The second-order valence-corrected chi connectivity index (χ2v) is 8.51. The first-order chi connectivity index (χ1) is 14.1. The molecule has 1 fully saturated rings. The summed E-state index contributed by atoms with van der Waals surface area (Å²) < 4.78 is 37.7. The zero-order valence-electron chi connectivity index (χ0n) is 15.8. The minimum absolute atomic E-state index is 0.339. The monoisotopic (exact) mass is 502 g/mol. The zero-order chi connectivity index (χ0) is 21.9. The average Bonchev–Trinajstić information content (AvgIpc) is 2.62. The van der Waals surface area contributed by atoms with Gasteiger partial charge in [-0.1, -0.05) is 30.2 Å². The maximum absolute atomic E-state index is 12.6. The maximum atomic E-state index is 12.6. The number of benzene rings is 2. The lowest BCUT2D eigenvalue weighted by atomic mass is 9.63. The summed E-state index contributed by atoms with van der Waals surface area (Å²) in [5.74, 6) is -0.741. The van der Waals surface area contributed by atoms with Gasteiger partial charge in [-0.3, -0.25) is 9.59 Å². The second-order valence-electron chi connectivity index (χ2n) is 7.22. The van der Waals surface area contributed by atoms with Crippen molar-refractivity contribution in [2.24, 2.45) is 0 Å². The standard InChI is InChI=1S/C21H19BrClF3N2O2/c22-16-12-14(20(7-2-8-20)19(30)27-10-9-21(24,25)26)5-6-17(16)28-18(29)13-3-1-4-15(23)11-13/h1,3-6,11-12H,2,7-10H2,(H,27,30)(H,28,29). The van der Waals surface area contributed by atoms with E-state index in [0.717, 1.165) is 6.42 Å². The van der Waals surface area contributed by atoms with Crippen LogP contribution in [0.2, 0.25) is 5.02 Å². The van der Waals surface area contributed by atoms with E-state index in [1.165, 1.54) is 0 Å². The number of amides is 2. The van der Waals surface area contributed by atoms with Crippen molar-refractivity contribution in [1.82, 2.24) is 5.32 Å². The van der Waals surface area contributed by atoms with Crippen LogP contribution in [-0.2, 0) is 10.2 Å². The highest BCUT2D eigenvalue weighted by Gasteiger charge is 2.45. The van der Waals surface area contributed by atoms with Gasteiger partial charge in [-0.05, 0) is 64.7 Å². The number of alkyl halides is 3. The zero-order valence-corrected chi connectivity index (χ0v) is 18.1. The molecule has 2 N–H and O–H groups in total. The van der Waals surface area contributed by atoms with Gasteiger partial charge in [-0.25, -0.2) is 0 Å². The largest absolute Gasteiger partial charge is 0.390 e. The van der Waals surface area contributed by atoms with Gasteiger partial charge >= 0.3 is 6.18 Å². The van der Waals surface area contributed by atoms with Crippen LogP contribution >= 0.6 is 27.5 Å². The van der Waals surface area contributed by atoms with Gasteiger partial charge in [0, 0.05) is 21.6 Å². The van der Waals surface area contributed by atoms with Gasteiger partial charge in [-0.15, -0.1) is 0 Å². The molecule has 3 rings (SSSR count). The molecule has 2 amide bonds. The van der Waals surface area contributed by atoms with Crippen molar-refractivity contribution in [3.05, 3.63) is 63.1 Å². The SMILES string of the molecule is O=C(Nc1ccc(C2(C(=O)NCCC(F)(F)F)CCC2)cc1Br)c1cccc(Cl)c1. The number of anilines is 1. The Morgan fingerprint density at radius 2 is 1.87 bits per heavy atom. The molecule has 4 nitrogen and oxygen atoms in total. The summed E-state index contributed by atoms with van der Waals surface area (Å²) in [6.07, 6.45) is -3.44. The van der Waals surface area contributed by atoms with Crippen LogP contribution in [-0.4, -0.2) is 24.5 Å². The Balaban J connectivity index is 1.73. The first-order valence-corrected chi connectivity index (χ1v) is 10.5. The number of rotatable bonds is 6. The molecule has 0 spiro atoms. The van der Waals surface area contributed by atoms with Crippen LogP contribution in [0, 0.1) is 0 Å². The minimum atomic E-state index is -4.31.